The summed E-state index contributed by atoms with van der Waals surface area (Å²) in [6.45, 7) is 7.23. The molecule has 1 aromatic carbocycles. The van der Waals surface area contributed by atoms with Gasteiger partial charge in [0, 0.05) is 24.6 Å². The Labute approximate surface area is 125 Å². The molecule has 2 rings (SSSR count). The number of carbonyl (C=O) groups is 1. The van der Waals surface area contributed by atoms with Gasteiger partial charge in [-0.25, -0.2) is 0 Å². The van der Waals surface area contributed by atoms with Gasteiger partial charge in [0.2, 0.25) is 0 Å². The molecule has 0 saturated heterocycles. The molecule has 0 atom stereocenters. The smallest absolute Gasteiger partial charge is 0.257 e. The van der Waals surface area contributed by atoms with E-state index < -0.39 is 0 Å². The minimum atomic E-state index is -0.136. The maximum atomic E-state index is 12.1. The maximum Gasteiger partial charge on any atom is 0.257 e. The molecule has 0 aliphatic heterocycles. The third-order valence-electron chi connectivity index (χ3n) is 3.41. The molecule has 1 aromatic heterocycles. The van der Waals surface area contributed by atoms with Gasteiger partial charge in [0.15, 0.2) is 0 Å². The molecule has 1 heterocycles. The Morgan fingerprint density at radius 3 is 2.67 bits per heavy atom. The Morgan fingerprint density at radius 2 is 2.00 bits per heavy atom. The molecule has 0 aliphatic carbocycles. The molecule has 4 heteroatoms. The normalized spacial score (nSPS) is 10.6. The molecular formula is C17H21N3O. The Kier molecular flexibility index (Phi) is 5.46. The molecule has 0 radical (unpaired) electrons. The van der Waals surface area contributed by atoms with Gasteiger partial charge in [-0.2, -0.15) is 0 Å². The summed E-state index contributed by atoms with van der Waals surface area (Å²) < 4.78 is 0. The number of rotatable bonds is 6. The van der Waals surface area contributed by atoms with E-state index >= 15 is 0 Å². The SMILES string of the molecule is CCN(CC)Cc1cccc(NC(=O)c2cccnc2)c1. The summed E-state index contributed by atoms with van der Waals surface area (Å²) in [7, 11) is 0. The Hall–Kier alpha value is -2.20. The van der Waals surface area contributed by atoms with Crippen LogP contribution in [0.3, 0.4) is 0 Å². The van der Waals surface area contributed by atoms with Crippen molar-refractivity contribution in [1.82, 2.24) is 9.88 Å². The van der Waals surface area contributed by atoms with Crippen LogP contribution in [-0.4, -0.2) is 28.9 Å². The summed E-state index contributed by atoms with van der Waals surface area (Å²) >= 11 is 0. The number of benzene rings is 1. The Bertz CT molecular complexity index is 580. The molecule has 21 heavy (non-hydrogen) atoms. The number of anilines is 1. The van der Waals surface area contributed by atoms with E-state index in [2.05, 4.69) is 35.1 Å². The average molecular weight is 283 g/mol. The second-order valence-corrected chi connectivity index (χ2v) is 4.86. The topological polar surface area (TPSA) is 45.2 Å². The van der Waals surface area contributed by atoms with Crippen LogP contribution in [-0.2, 0) is 6.54 Å². The maximum absolute atomic E-state index is 12.1. The predicted octanol–water partition coefficient (Wildman–Crippen LogP) is 3.18. The summed E-state index contributed by atoms with van der Waals surface area (Å²) in [5.74, 6) is -0.136. The largest absolute Gasteiger partial charge is 0.322 e. The van der Waals surface area contributed by atoms with E-state index in [1.54, 1.807) is 24.5 Å². The first-order valence-electron chi connectivity index (χ1n) is 7.25. The van der Waals surface area contributed by atoms with Crippen LogP contribution in [0.2, 0.25) is 0 Å². The molecular weight excluding hydrogens is 262 g/mol. The first-order chi connectivity index (χ1) is 10.2. The van der Waals surface area contributed by atoms with Crippen LogP contribution in [0, 0.1) is 0 Å². The lowest BCUT2D eigenvalue weighted by molar-refractivity contribution is 0.102. The lowest BCUT2D eigenvalue weighted by atomic mass is 10.1. The van der Waals surface area contributed by atoms with Gasteiger partial charge in [-0.15, -0.1) is 0 Å². The van der Waals surface area contributed by atoms with E-state index in [-0.39, 0.29) is 5.91 Å². The van der Waals surface area contributed by atoms with Crippen molar-refractivity contribution in [2.24, 2.45) is 0 Å². The predicted molar refractivity (Wildman–Crippen MR) is 85.3 cm³/mol. The first kappa shape index (κ1) is 15.2. The van der Waals surface area contributed by atoms with Crippen molar-refractivity contribution in [1.29, 1.82) is 0 Å². The van der Waals surface area contributed by atoms with Crippen LogP contribution in [0.15, 0.2) is 48.8 Å². The number of hydrogen-bond acceptors (Lipinski definition) is 3. The van der Waals surface area contributed by atoms with Gasteiger partial charge < -0.3 is 5.32 Å². The Balaban J connectivity index is 2.06. The lowest BCUT2D eigenvalue weighted by Gasteiger charge is -2.18. The van der Waals surface area contributed by atoms with E-state index in [4.69, 9.17) is 0 Å². The van der Waals surface area contributed by atoms with E-state index in [1.165, 1.54) is 5.56 Å². The molecule has 0 unspecified atom stereocenters. The molecule has 2 aromatic rings. The van der Waals surface area contributed by atoms with Crippen LogP contribution < -0.4 is 5.32 Å². The molecule has 1 amide bonds. The highest BCUT2D eigenvalue weighted by Crippen LogP contribution is 2.14. The number of nitrogens with one attached hydrogen (secondary N) is 1. The van der Waals surface area contributed by atoms with Gasteiger partial charge in [-0.1, -0.05) is 26.0 Å². The third-order valence-corrected chi connectivity index (χ3v) is 3.41. The molecule has 110 valence electrons. The molecule has 0 aliphatic rings. The zero-order valence-corrected chi connectivity index (χ0v) is 12.5. The van der Waals surface area contributed by atoms with E-state index in [0.717, 1.165) is 25.3 Å². The number of aromatic nitrogens is 1. The first-order valence-corrected chi connectivity index (χ1v) is 7.25. The Morgan fingerprint density at radius 1 is 1.19 bits per heavy atom. The quantitative estimate of drug-likeness (QED) is 0.885. The lowest BCUT2D eigenvalue weighted by Crippen LogP contribution is -2.22. The van der Waals surface area contributed by atoms with Crippen LogP contribution in [0.5, 0.6) is 0 Å². The second-order valence-electron chi connectivity index (χ2n) is 4.86. The zero-order valence-electron chi connectivity index (χ0n) is 12.5. The highest BCUT2D eigenvalue weighted by molar-refractivity contribution is 6.04. The van der Waals surface area contributed by atoms with Crippen molar-refractivity contribution in [2.45, 2.75) is 20.4 Å². The molecule has 0 spiro atoms. The minimum absolute atomic E-state index is 0.136. The number of pyridine rings is 1. The minimum Gasteiger partial charge on any atom is -0.322 e. The van der Waals surface area contributed by atoms with Gasteiger partial charge in [-0.05, 0) is 42.9 Å². The van der Waals surface area contributed by atoms with Crippen molar-refractivity contribution >= 4 is 11.6 Å². The fourth-order valence-electron chi connectivity index (χ4n) is 2.15. The molecule has 4 nitrogen and oxygen atoms in total. The van der Waals surface area contributed by atoms with E-state index in [1.807, 2.05) is 18.2 Å². The standard InChI is InChI=1S/C17H21N3O/c1-3-20(4-2)13-14-7-5-9-16(11-14)19-17(21)15-8-6-10-18-12-15/h5-12H,3-4,13H2,1-2H3,(H,19,21). The van der Waals surface area contributed by atoms with Gasteiger partial charge >= 0.3 is 0 Å². The number of carbonyl (C=O) groups excluding carboxylic acids is 1. The van der Waals surface area contributed by atoms with Gasteiger partial charge in [0.25, 0.3) is 5.91 Å². The summed E-state index contributed by atoms with van der Waals surface area (Å²) in [6.07, 6.45) is 3.22. The monoisotopic (exact) mass is 283 g/mol. The van der Waals surface area contributed by atoms with Crippen LogP contribution in [0.4, 0.5) is 5.69 Å². The average Bonchev–Trinajstić information content (AvgIpc) is 2.53. The van der Waals surface area contributed by atoms with E-state index in [0.29, 0.717) is 5.56 Å². The molecule has 0 fully saturated rings. The molecule has 0 saturated carbocycles. The number of amides is 1. The highest BCUT2D eigenvalue weighted by Gasteiger charge is 2.07. The summed E-state index contributed by atoms with van der Waals surface area (Å²) in [5.41, 5.74) is 2.57. The van der Waals surface area contributed by atoms with Crippen LogP contribution in [0.1, 0.15) is 29.8 Å². The number of nitrogens with zero attached hydrogens (tertiary/aromatic N) is 2. The van der Waals surface area contributed by atoms with Crippen molar-refractivity contribution in [2.75, 3.05) is 18.4 Å². The number of hydrogen-bond donors (Lipinski definition) is 1. The van der Waals surface area contributed by atoms with Crippen molar-refractivity contribution < 1.29 is 4.79 Å². The fourth-order valence-corrected chi connectivity index (χ4v) is 2.15. The van der Waals surface area contributed by atoms with Crippen LogP contribution in [0.25, 0.3) is 0 Å². The van der Waals surface area contributed by atoms with Crippen molar-refractivity contribution in [3.63, 3.8) is 0 Å². The van der Waals surface area contributed by atoms with Gasteiger partial charge in [0.1, 0.15) is 0 Å². The summed E-state index contributed by atoms with van der Waals surface area (Å²) in [6, 6.07) is 11.5. The van der Waals surface area contributed by atoms with Gasteiger partial charge in [-0.3, -0.25) is 14.7 Å². The fraction of sp³-hybridized carbons (Fsp3) is 0.294. The summed E-state index contributed by atoms with van der Waals surface area (Å²) in [4.78, 5) is 18.4. The van der Waals surface area contributed by atoms with Crippen molar-refractivity contribution in [3.8, 4) is 0 Å². The van der Waals surface area contributed by atoms with E-state index in [9.17, 15) is 4.79 Å². The zero-order chi connectivity index (χ0) is 15.1. The van der Waals surface area contributed by atoms with Gasteiger partial charge in [0.05, 0.1) is 5.56 Å². The van der Waals surface area contributed by atoms with Crippen molar-refractivity contribution in [3.05, 3.63) is 59.9 Å². The molecule has 0 bridgehead atoms. The summed E-state index contributed by atoms with van der Waals surface area (Å²) in [5, 5.41) is 2.91. The second kappa shape index (κ2) is 7.55. The third kappa shape index (κ3) is 4.39. The van der Waals surface area contributed by atoms with Crippen LogP contribution >= 0.6 is 0 Å². The highest BCUT2D eigenvalue weighted by atomic mass is 16.1. The molecule has 1 N–H and O–H groups in total.